The number of hydrogen-bond donors (Lipinski definition) is 1. The van der Waals surface area contributed by atoms with E-state index in [1.165, 1.54) is 6.42 Å². The van der Waals surface area contributed by atoms with Crippen molar-refractivity contribution in [1.29, 1.82) is 0 Å². The second kappa shape index (κ2) is 7.46. The van der Waals surface area contributed by atoms with E-state index in [0.717, 1.165) is 25.7 Å². The fourth-order valence-corrected chi connectivity index (χ4v) is 1.96. The summed E-state index contributed by atoms with van der Waals surface area (Å²) in [7, 11) is 5.41. The largest absolute Gasteiger partial charge is 0.382 e. The Morgan fingerprint density at radius 2 is 2.31 bits per heavy atom. The van der Waals surface area contributed by atoms with Gasteiger partial charge in [0.2, 0.25) is 0 Å². The minimum absolute atomic E-state index is 0.613. The van der Waals surface area contributed by atoms with Crippen LogP contribution in [0.15, 0.2) is 4.99 Å². The molecule has 1 unspecified atom stereocenters. The van der Waals surface area contributed by atoms with Crippen LogP contribution >= 0.6 is 0 Å². The van der Waals surface area contributed by atoms with Crippen molar-refractivity contribution in [3.63, 3.8) is 0 Å². The highest BCUT2D eigenvalue weighted by atomic mass is 16.5. The normalized spacial score (nSPS) is 21.6. The summed E-state index contributed by atoms with van der Waals surface area (Å²) >= 11 is 0. The lowest BCUT2D eigenvalue weighted by atomic mass is 10.1. The van der Waals surface area contributed by atoms with Crippen molar-refractivity contribution >= 4 is 5.96 Å². The molecular formula is C11H23N3O2. The highest BCUT2D eigenvalue weighted by Crippen LogP contribution is 2.16. The third kappa shape index (κ3) is 3.98. The molecule has 1 aliphatic heterocycles. The quantitative estimate of drug-likeness (QED) is 0.415. The average molecular weight is 229 g/mol. The van der Waals surface area contributed by atoms with E-state index in [4.69, 9.17) is 9.47 Å². The van der Waals surface area contributed by atoms with Gasteiger partial charge in [-0.15, -0.1) is 0 Å². The Hall–Kier alpha value is -0.810. The van der Waals surface area contributed by atoms with Gasteiger partial charge in [0.15, 0.2) is 5.96 Å². The summed E-state index contributed by atoms with van der Waals surface area (Å²) in [5, 5.41) is 3.11. The fraction of sp³-hybridized carbons (Fsp3) is 0.909. The van der Waals surface area contributed by atoms with Gasteiger partial charge in [-0.05, 0) is 6.42 Å². The van der Waals surface area contributed by atoms with Crippen LogP contribution < -0.4 is 5.32 Å². The molecule has 0 spiro atoms. The molecule has 0 amide bonds. The molecule has 0 saturated carbocycles. The molecule has 94 valence electrons. The molecule has 0 radical (unpaired) electrons. The third-order valence-electron chi connectivity index (χ3n) is 2.81. The number of nitrogens with one attached hydrogen (secondary N) is 1. The molecule has 1 fully saturated rings. The molecule has 0 aliphatic carbocycles. The molecule has 1 atom stereocenters. The van der Waals surface area contributed by atoms with Crippen LogP contribution in [0.5, 0.6) is 0 Å². The summed E-state index contributed by atoms with van der Waals surface area (Å²) in [6, 6.07) is 0. The van der Waals surface area contributed by atoms with Gasteiger partial charge in [-0.25, -0.2) is 0 Å². The highest BCUT2D eigenvalue weighted by molar-refractivity contribution is 5.79. The Labute approximate surface area is 97.8 Å². The molecule has 0 aromatic carbocycles. The van der Waals surface area contributed by atoms with Crippen molar-refractivity contribution in [2.45, 2.75) is 6.42 Å². The number of aliphatic imine (C=N–C) groups is 1. The second-order valence-electron chi connectivity index (χ2n) is 3.97. The van der Waals surface area contributed by atoms with Crippen LogP contribution in [0.2, 0.25) is 0 Å². The summed E-state index contributed by atoms with van der Waals surface area (Å²) in [5.41, 5.74) is 0. The van der Waals surface area contributed by atoms with E-state index in [1.807, 2.05) is 14.1 Å². The van der Waals surface area contributed by atoms with E-state index in [-0.39, 0.29) is 0 Å². The van der Waals surface area contributed by atoms with E-state index >= 15 is 0 Å². The monoisotopic (exact) mass is 229 g/mol. The Balaban J connectivity index is 2.19. The molecule has 1 rings (SSSR count). The Morgan fingerprint density at radius 3 is 2.94 bits per heavy atom. The lowest BCUT2D eigenvalue weighted by Crippen LogP contribution is -2.38. The third-order valence-corrected chi connectivity index (χ3v) is 2.81. The van der Waals surface area contributed by atoms with Crippen LogP contribution in [0.1, 0.15) is 6.42 Å². The molecule has 1 saturated heterocycles. The zero-order valence-corrected chi connectivity index (χ0v) is 10.5. The summed E-state index contributed by atoms with van der Waals surface area (Å²) in [4.78, 5) is 6.47. The first-order chi connectivity index (χ1) is 7.81. The number of guanidine groups is 1. The number of ether oxygens (including phenoxy) is 2. The topological polar surface area (TPSA) is 46.1 Å². The van der Waals surface area contributed by atoms with E-state index in [0.29, 0.717) is 19.1 Å². The molecule has 0 aromatic rings. The van der Waals surface area contributed by atoms with Crippen LogP contribution in [0.25, 0.3) is 0 Å². The smallest absolute Gasteiger partial charge is 0.193 e. The van der Waals surface area contributed by atoms with Crippen molar-refractivity contribution in [2.75, 3.05) is 54.1 Å². The standard InChI is InChI=1S/C11H23N3O2/c1-12-11(13-2)14-5-4-10(8-14)9-16-7-6-15-3/h10H,4-9H2,1-3H3,(H,12,13). The zero-order chi connectivity index (χ0) is 11.8. The van der Waals surface area contributed by atoms with Crippen LogP contribution in [0.4, 0.5) is 0 Å². The highest BCUT2D eigenvalue weighted by Gasteiger charge is 2.24. The number of hydrogen-bond acceptors (Lipinski definition) is 3. The first-order valence-corrected chi connectivity index (χ1v) is 5.78. The molecule has 1 heterocycles. The minimum atomic E-state index is 0.613. The Bertz CT molecular complexity index is 221. The number of rotatable bonds is 5. The maximum Gasteiger partial charge on any atom is 0.193 e. The van der Waals surface area contributed by atoms with Gasteiger partial charge in [0.1, 0.15) is 0 Å². The summed E-state index contributed by atoms with van der Waals surface area (Å²) in [5.74, 6) is 1.58. The van der Waals surface area contributed by atoms with E-state index < -0.39 is 0 Å². The number of methoxy groups -OCH3 is 1. The minimum Gasteiger partial charge on any atom is -0.382 e. The van der Waals surface area contributed by atoms with Crippen LogP contribution in [-0.4, -0.2) is 65.0 Å². The molecule has 0 aromatic heterocycles. The van der Waals surface area contributed by atoms with Crippen molar-refractivity contribution in [3.8, 4) is 0 Å². The van der Waals surface area contributed by atoms with Gasteiger partial charge in [-0.1, -0.05) is 0 Å². The predicted molar refractivity (Wildman–Crippen MR) is 64.8 cm³/mol. The molecule has 1 aliphatic rings. The Kier molecular flexibility index (Phi) is 6.18. The summed E-state index contributed by atoms with van der Waals surface area (Å²) in [6.45, 7) is 4.27. The average Bonchev–Trinajstić information content (AvgIpc) is 2.75. The van der Waals surface area contributed by atoms with Crippen LogP contribution in [-0.2, 0) is 9.47 Å². The van der Waals surface area contributed by atoms with Gasteiger partial charge in [0, 0.05) is 40.2 Å². The van der Waals surface area contributed by atoms with Gasteiger partial charge >= 0.3 is 0 Å². The second-order valence-corrected chi connectivity index (χ2v) is 3.97. The van der Waals surface area contributed by atoms with Gasteiger partial charge in [0.05, 0.1) is 19.8 Å². The summed E-state index contributed by atoms with van der Waals surface area (Å²) < 4.78 is 10.5. The van der Waals surface area contributed by atoms with Crippen LogP contribution in [0.3, 0.4) is 0 Å². The van der Waals surface area contributed by atoms with Crippen molar-refractivity contribution in [1.82, 2.24) is 10.2 Å². The van der Waals surface area contributed by atoms with E-state index in [2.05, 4.69) is 15.2 Å². The fourth-order valence-electron chi connectivity index (χ4n) is 1.96. The van der Waals surface area contributed by atoms with Crippen molar-refractivity contribution in [2.24, 2.45) is 10.9 Å². The molecule has 5 nitrogen and oxygen atoms in total. The van der Waals surface area contributed by atoms with Gasteiger partial charge < -0.3 is 19.7 Å². The number of nitrogens with zero attached hydrogens (tertiary/aromatic N) is 2. The van der Waals surface area contributed by atoms with Gasteiger partial charge in [-0.3, -0.25) is 4.99 Å². The first-order valence-electron chi connectivity index (χ1n) is 5.78. The maximum absolute atomic E-state index is 5.54. The lowest BCUT2D eigenvalue weighted by molar-refractivity contribution is 0.0536. The van der Waals surface area contributed by atoms with Gasteiger partial charge in [-0.2, -0.15) is 0 Å². The molecular weight excluding hydrogens is 206 g/mol. The van der Waals surface area contributed by atoms with E-state index in [1.54, 1.807) is 7.11 Å². The Morgan fingerprint density at radius 1 is 1.50 bits per heavy atom. The SMILES string of the molecule is CN=C(NC)N1CCC(COCCOC)C1. The lowest BCUT2D eigenvalue weighted by Gasteiger charge is -2.19. The predicted octanol–water partition coefficient (Wildman–Crippen LogP) is 0.177. The first kappa shape index (κ1) is 13.3. The maximum atomic E-state index is 5.54. The van der Waals surface area contributed by atoms with Crippen LogP contribution in [0, 0.1) is 5.92 Å². The van der Waals surface area contributed by atoms with Gasteiger partial charge in [0.25, 0.3) is 0 Å². The van der Waals surface area contributed by atoms with E-state index in [9.17, 15) is 0 Å². The number of likely N-dealkylation sites (tertiary alicyclic amines) is 1. The molecule has 16 heavy (non-hydrogen) atoms. The summed E-state index contributed by atoms with van der Waals surface area (Å²) in [6.07, 6.45) is 1.17. The zero-order valence-electron chi connectivity index (χ0n) is 10.5. The molecule has 5 heteroatoms. The molecule has 0 bridgehead atoms. The molecule has 1 N–H and O–H groups in total. The van der Waals surface area contributed by atoms with Crippen molar-refractivity contribution in [3.05, 3.63) is 0 Å². The van der Waals surface area contributed by atoms with Crippen molar-refractivity contribution < 1.29 is 9.47 Å².